The zero-order valence-electron chi connectivity index (χ0n) is 7.82. The zero-order chi connectivity index (χ0) is 10.3. The Bertz CT molecular complexity index is 215. The highest BCUT2D eigenvalue weighted by molar-refractivity contribution is 8.13. The molecular weight excluding hydrogens is 216 g/mol. The number of ether oxygens (including phenoxy) is 2. The van der Waals surface area contributed by atoms with Gasteiger partial charge < -0.3 is 9.47 Å². The van der Waals surface area contributed by atoms with Crippen LogP contribution in [0.15, 0.2) is 0 Å². The highest BCUT2D eigenvalue weighted by Gasteiger charge is 2.12. The Hall–Kier alpha value is 0.160. The first kappa shape index (κ1) is 13.2. The lowest BCUT2D eigenvalue weighted by molar-refractivity contribution is 0.0577. The van der Waals surface area contributed by atoms with E-state index in [0.717, 1.165) is 0 Å². The molecule has 0 bridgehead atoms. The molecule has 0 aromatic heterocycles. The van der Waals surface area contributed by atoms with Crippen LogP contribution in [0.2, 0.25) is 0 Å². The Labute approximate surface area is 83.6 Å². The number of hydrogen-bond acceptors (Lipinski definition) is 4. The molecule has 0 aromatic carbocycles. The topological polar surface area (TPSA) is 52.6 Å². The quantitative estimate of drug-likeness (QED) is 0.481. The van der Waals surface area contributed by atoms with Crippen molar-refractivity contribution in [2.75, 3.05) is 32.7 Å². The molecule has 6 heteroatoms. The number of rotatable bonds is 7. The van der Waals surface area contributed by atoms with Gasteiger partial charge >= 0.3 is 0 Å². The Morgan fingerprint density at radius 3 is 2.46 bits per heavy atom. The van der Waals surface area contributed by atoms with Crippen LogP contribution in [0.3, 0.4) is 0 Å². The summed E-state index contributed by atoms with van der Waals surface area (Å²) < 4.78 is 31.1. The summed E-state index contributed by atoms with van der Waals surface area (Å²) in [5.41, 5.74) is 0. The van der Waals surface area contributed by atoms with Gasteiger partial charge in [-0.05, 0) is 5.92 Å². The van der Waals surface area contributed by atoms with Gasteiger partial charge in [-0.15, -0.1) is 0 Å². The minimum Gasteiger partial charge on any atom is -0.382 e. The Morgan fingerprint density at radius 2 is 2.00 bits per heavy atom. The molecule has 0 aromatic rings. The molecular formula is C7H15ClO4S. The second-order valence-corrected chi connectivity index (χ2v) is 5.70. The fraction of sp³-hybridized carbons (Fsp3) is 1.00. The van der Waals surface area contributed by atoms with Gasteiger partial charge in [-0.3, -0.25) is 0 Å². The van der Waals surface area contributed by atoms with Crippen LogP contribution in [-0.4, -0.2) is 41.1 Å². The van der Waals surface area contributed by atoms with Crippen LogP contribution in [0.25, 0.3) is 0 Å². The number of hydrogen-bond donors (Lipinski definition) is 0. The molecule has 0 aliphatic heterocycles. The molecule has 13 heavy (non-hydrogen) atoms. The minimum absolute atomic E-state index is 0.0540. The Morgan fingerprint density at radius 1 is 1.38 bits per heavy atom. The average molecular weight is 231 g/mol. The van der Waals surface area contributed by atoms with Crippen molar-refractivity contribution in [1.29, 1.82) is 0 Å². The fourth-order valence-corrected chi connectivity index (χ4v) is 2.24. The molecule has 0 amide bonds. The standard InChI is InChI=1S/C7H15ClO4S/c1-7(6-13(8,9)10)5-12-4-3-11-2/h7H,3-6H2,1-2H3. The van der Waals surface area contributed by atoms with E-state index in [1.807, 2.05) is 0 Å². The lowest BCUT2D eigenvalue weighted by atomic mass is 10.2. The molecule has 0 rings (SSSR count). The zero-order valence-corrected chi connectivity index (χ0v) is 9.40. The molecule has 4 nitrogen and oxygen atoms in total. The summed E-state index contributed by atoms with van der Waals surface area (Å²) in [6, 6.07) is 0. The molecule has 0 spiro atoms. The van der Waals surface area contributed by atoms with Crippen LogP contribution < -0.4 is 0 Å². The molecule has 0 N–H and O–H groups in total. The van der Waals surface area contributed by atoms with Gasteiger partial charge in [0.1, 0.15) is 0 Å². The molecule has 80 valence electrons. The first-order valence-electron chi connectivity index (χ1n) is 3.94. The molecule has 0 heterocycles. The molecule has 0 radical (unpaired) electrons. The first-order valence-corrected chi connectivity index (χ1v) is 6.42. The van der Waals surface area contributed by atoms with Crippen LogP contribution in [-0.2, 0) is 18.5 Å². The lowest BCUT2D eigenvalue weighted by Crippen LogP contribution is -2.16. The summed E-state index contributed by atoms with van der Waals surface area (Å²) >= 11 is 0. The highest BCUT2D eigenvalue weighted by atomic mass is 35.7. The largest absolute Gasteiger partial charge is 0.382 e. The van der Waals surface area contributed by atoms with Crippen LogP contribution in [0.1, 0.15) is 6.92 Å². The van der Waals surface area contributed by atoms with Gasteiger partial charge in [-0.25, -0.2) is 8.42 Å². The van der Waals surface area contributed by atoms with Crippen molar-refractivity contribution < 1.29 is 17.9 Å². The van der Waals surface area contributed by atoms with E-state index >= 15 is 0 Å². The monoisotopic (exact) mass is 230 g/mol. The van der Waals surface area contributed by atoms with Gasteiger partial charge in [0.05, 0.1) is 25.6 Å². The van der Waals surface area contributed by atoms with E-state index in [2.05, 4.69) is 0 Å². The fourth-order valence-electron chi connectivity index (χ4n) is 0.815. The normalized spacial score (nSPS) is 14.4. The van der Waals surface area contributed by atoms with Crippen LogP contribution >= 0.6 is 10.7 Å². The summed E-state index contributed by atoms with van der Waals surface area (Å²) in [6.45, 7) is 3.14. The van der Waals surface area contributed by atoms with E-state index in [1.54, 1.807) is 14.0 Å². The first-order chi connectivity index (χ1) is 5.95. The lowest BCUT2D eigenvalue weighted by Gasteiger charge is -2.09. The minimum atomic E-state index is -3.41. The third-order valence-corrected chi connectivity index (χ3v) is 2.66. The summed E-state index contributed by atoms with van der Waals surface area (Å²) in [6.07, 6.45) is 0. The van der Waals surface area contributed by atoms with Gasteiger partial charge in [-0.1, -0.05) is 6.92 Å². The van der Waals surface area contributed by atoms with Crippen molar-refractivity contribution in [2.24, 2.45) is 5.92 Å². The van der Waals surface area contributed by atoms with Crippen molar-refractivity contribution in [1.82, 2.24) is 0 Å². The van der Waals surface area contributed by atoms with Gasteiger partial charge in [0.15, 0.2) is 0 Å². The highest BCUT2D eigenvalue weighted by Crippen LogP contribution is 2.05. The molecule has 0 saturated heterocycles. The van der Waals surface area contributed by atoms with E-state index < -0.39 is 9.05 Å². The van der Waals surface area contributed by atoms with E-state index in [4.69, 9.17) is 20.2 Å². The van der Waals surface area contributed by atoms with Crippen molar-refractivity contribution >= 4 is 19.7 Å². The molecule has 1 unspecified atom stereocenters. The maximum atomic E-state index is 10.6. The van der Waals surface area contributed by atoms with E-state index in [9.17, 15) is 8.42 Å². The van der Waals surface area contributed by atoms with Crippen molar-refractivity contribution in [3.8, 4) is 0 Å². The molecule has 0 saturated carbocycles. The smallest absolute Gasteiger partial charge is 0.232 e. The van der Waals surface area contributed by atoms with Crippen molar-refractivity contribution in [3.05, 3.63) is 0 Å². The Balaban J connectivity index is 3.47. The molecule has 0 aliphatic rings. The SMILES string of the molecule is COCCOCC(C)CS(=O)(=O)Cl. The van der Waals surface area contributed by atoms with Crippen LogP contribution in [0.5, 0.6) is 0 Å². The summed E-state index contributed by atoms with van der Waals surface area (Å²) in [7, 11) is 3.23. The van der Waals surface area contributed by atoms with Crippen LogP contribution in [0, 0.1) is 5.92 Å². The van der Waals surface area contributed by atoms with Gasteiger partial charge in [0, 0.05) is 17.8 Å². The number of methoxy groups -OCH3 is 1. The third kappa shape index (κ3) is 10.1. The average Bonchev–Trinajstić information content (AvgIpc) is 1.94. The molecule has 1 atom stereocenters. The Kier molecular flexibility index (Phi) is 6.67. The summed E-state index contributed by atoms with van der Waals surface area (Å²) in [5, 5.41) is 0. The van der Waals surface area contributed by atoms with Gasteiger partial charge in [-0.2, -0.15) is 0 Å². The van der Waals surface area contributed by atoms with E-state index in [-0.39, 0.29) is 11.7 Å². The second kappa shape index (κ2) is 6.59. The maximum Gasteiger partial charge on any atom is 0.232 e. The predicted octanol–water partition coefficient (Wildman–Crippen LogP) is 0.854. The van der Waals surface area contributed by atoms with Crippen molar-refractivity contribution in [2.45, 2.75) is 6.92 Å². The molecule has 0 fully saturated rings. The van der Waals surface area contributed by atoms with E-state index in [0.29, 0.717) is 19.8 Å². The summed E-state index contributed by atoms with van der Waals surface area (Å²) in [4.78, 5) is 0. The van der Waals surface area contributed by atoms with Gasteiger partial charge in [0.25, 0.3) is 0 Å². The third-order valence-electron chi connectivity index (χ3n) is 1.32. The van der Waals surface area contributed by atoms with Gasteiger partial charge in [0.2, 0.25) is 9.05 Å². The van der Waals surface area contributed by atoms with E-state index in [1.165, 1.54) is 0 Å². The number of halogens is 1. The maximum absolute atomic E-state index is 10.6. The molecule has 0 aliphatic carbocycles. The predicted molar refractivity (Wildman–Crippen MR) is 51.5 cm³/mol. The van der Waals surface area contributed by atoms with Crippen LogP contribution in [0.4, 0.5) is 0 Å². The summed E-state index contributed by atoms with van der Waals surface area (Å²) in [5.74, 6) is -0.138. The second-order valence-electron chi connectivity index (χ2n) is 2.88. The van der Waals surface area contributed by atoms with Crippen molar-refractivity contribution in [3.63, 3.8) is 0 Å².